The van der Waals surface area contributed by atoms with E-state index >= 15 is 0 Å². The van der Waals surface area contributed by atoms with E-state index in [4.69, 9.17) is 9.15 Å². The summed E-state index contributed by atoms with van der Waals surface area (Å²) in [6, 6.07) is 9.85. The van der Waals surface area contributed by atoms with Crippen LogP contribution in [-0.2, 0) is 11.2 Å². The first kappa shape index (κ1) is 18.0. The van der Waals surface area contributed by atoms with Gasteiger partial charge >= 0.3 is 6.09 Å². The number of amides is 1. The normalized spacial score (nSPS) is 12.7. The Kier molecular flexibility index (Phi) is 5.98. The number of aliphatic hydroxyl groups excluding tert-OH is 1. The average molecular weight is 332 g/mol. The molecule has 0 unspecified atom stereocenters. The van der Waals surface area contributed by atoms with Crippen molar-refractivity contribution in [1.82, 2.24) is 9.88 Å². The second-order valence-corrected chi connectivity index (χ2v) is 6.55. The molecule has 1 atom stereocenters. The van der Waals surface area contributed by atoms with Crippen LogP contribution in [0.5, 0.6) is 0 Å². The van der Waals surface area contributed by atoms with Crippen LogP contribution in [0.15, 0.2) is 47.2 Å². The van der Waals surface area contributed by atoms with Crippen LogP contribution in [-0.4, -0.2) is 39.8 Å². The van der Waals surface area contributed by atoms with Gasteiger partial charge in [-0.25, -0.2) is 9.78 Å². The predicted octanol–water partition coefficient (Wildman–Crippen LogP) is 3.19. The zero-order chi connectivity index (χ0) is 17.6. The third kappa shape index (κ3) is 5.70. The van der Waals surface area contributed by atoms with E-state index in [0.29, 0.717) is 13.0 Å². The molecule has 2 aromatic rings. The number of carbonyl (C=O) groups is 1. The third-order valence-corrected chi connectivity index (χ3v) is 3.29. The van der Waals surface area contributed by atoms with E-state index in [-0.39, 0.29) is 12.4 Å². The largest absolute Gasteiger partial charge is 0.446 e. The van der Waals surface area contributed by atoms with Crippen LogP contribution < -0.4 is 0 Å². The quantitative estimate of drug-likeness (QED) is 0.879. The smallest absolute Gasteiger partial charge is 0.410 e. The van der Waals surface area contributed by atoms with Crippen molar-refractivity contribution in [3.8, 4) is 0 Å². The molecule has 6 heteroatoms. The first-order valence-corrected chi connectivity index (χ1v) is 7.94. The number of rotatable bonds is 6. The van der Waals surface area contributed by atoms with Crippen LogP contribution in [0.3, 0.4) is 0 Å². The molecule has 0 spiro atoms. The summed E-state index contributed by atoms with van der Waals surface area (Å²) in [4.78, 5) is 17.8. The van der Waals surface area contributed by atoms with Gasteiger partial charge in [0.2, 0.25) is 5.89 Å². The molecule has 0 fully saturated rings. The number of nitrogens with zero attached hydrogens (tertiary/aromatic N) is 2. The molecule has 1 N–H and O–H groups in total. The Bertz CT molecular complexity index is 620. The average Bonchev–Trinajstić information content (AvgIpc) is 3.05. The van der Waals surface area contributed by atoms with Crippen molar-refractivity contribution in [2.75, 3.05) is 13.1 Å². The van der Waals surface area contributed by atoms with E-state index in [9.17, 15) is 9.90 Å². The lowest BCUT2D eigenvalue weighted by Gasteiger charge is -2.28. The lowest BCUT2D eigenvalue weighted by Crippen LogP contribution is -2.40. The number of carbonyl (C=O) groups excluding carboxylic acids is 1. The summed E-state index contributed by atoms with van der Waals surface area (Å²) in [5.41, 5.74) is 0.507. The predicted molar refractivity (Wildman–Crippen MR) is 89.4 cm³/mol. The fourth-order valence-electron chi connectivity index (χ4n) is 2.18. The van der Waals surface area contributed by atoms with Gasteiger partial charge in [-0.15, -0.1) is 0 Å². The summed E-state index contributed by atoms with van der Waals surface area (Å²) < 4.78 is 10.5. The second kappa shape index (κ2) is 7.97. The van der Waals surface area contributed by atoms with Gasteiger partial charge in [0.1, 0.15) is 18.0 Å². The highest BCUT2D eigenvalue weighted by Gasteiger charge is 2.25. The lowest BCUT2D eigenvalue weighted by atomic mass is 10.1. The second-order valence-electron chi connectivity index (χ2n) is 6.55. The maximum atomic E-state index is 12.4. The molecule has 1 heterocycles. The highest BCUT2D eigenvalue weighted by atomic mass is 16.6. The first-order chi connectivity index (χ1) is 11.3. The molecule has 6 nitrogen and oxygen atoms in total. The van der Waals surface area contributed by atoms with Crippen molar-refractivity contribution in [2.24, 2.45) is 0 Å². The van der Waals surface area contributed by atoms with Crippen molar-refractivity contribution >= 4 is 6.09 Å². The molecule has 1 aromatic carbocycles. The van der Waals surface area contributed by atoms with Gasteiger partial charge in [0.15, 0.2) is 0 Å². The SMILES string of the molecule is CC(C)(C)OC(=O)N(CCc1ccccc1)C[C@H](O)c1ncco1. The molecule has 1 amide bonds. The topological polar surface area (TPSA) is 75.8 Å². The molecule has 0 saturated heterocycles. The number of hydrogen-bond donors (Lipinski definition) is 1. The molecule has 0 saturated carbocycles. The van der Waals surface area contributed by atoms with Crippen molar-refractivity contribution in [1.29, 1.82) is 0 Å². The van der Waals surface area contributed by atoms with E-state index in [2.05, 4.69) is 4.98 Å². The van der Waals surface area contributed by atoms with Crippen molar-refractivity contribution in [2.45, 2.75) is 38.9 Å². The van der Waals surface area contributed by atoms with Gasteiger partial charge in [-0.1, -0.05) is 30.3 Å². The number of benzene rings is 1. The summed E-state index contributed by atoms with van der Waals surface area (Å²) in [6.45, 7) is 5.92. The summed E-state index contributed by atoms with van der Waals surface area (Å²) >= 11 is 0. The minimum absolute atomic E-state index is 0.0578. The Labute approximate surface area is 142 Å². The molecule has 130 valence electrons. The van der Waals surface area contributed by atoms with E-state index in [0.717, 1.165) is 5.56 Å². The molecule has 2 rings (SSSR count). The Morgan fingerprint density at radius 2 is 2.04 bits per heavy atom. The molecular formula is C18H24N2O4. The molecule has 0 aliphatic heterocycles. The standard InChI is InChI=1S/C18H24N2O4/c1-18(2,3)24-17(22)20(11-9-14-7-5-4-6-8-14)13-15(21)16-19-10-12-23-16/h4-8,10,12,15,21H,9,11,13H2,1-3H3/t15-/m0/s1. The molecule has 24 heavy (non-hydrogen) atoms. The highest BCUT2D eigenvalue weighted by Crippen LogP contribution is 2.16. The molecule has 0 aliphatic rings. The van der Waals surface area contributed by atoms with Crippen LogP contribution in [0.2, 0.25) is 0 Å². The van der Waals surface area contributed by atoms with Crippen molar-refractivity contribution < 1.29 is 19.1 Å². The van der Waals surface area contributed by atoms with Crippen molar-refractivity contribution in [3.63, 3.8) is 0 Å². The zero-order valence-corrected chi connectivity index (χ0v) is 14.3. The van der Waals surface area contributed by atoms with Gasteiger partial charge in [-0.05, 0) is 32.8 Å². The Morgan fingerprint density at radius 3 is 2.62 bits per heavy atom. The van der Waals surface area contributed by atoms with Crippen LogP contribution >= 0.6 is 0 Å². The number of oxazole rings is 1. The van der Waals surface area contributed by atoms with E-state index in [1.807, 2.05) is 51.1 Å². The van der Waals surface area contributed by atoms with Gasteiger partial charge in [-0.3, -0.25) is 0 Å². The van der Waals surface area contributed by atoms with E-state index in [1.165, 1.54) is 17.4 Å². The molecular weight excluding hydrogens is 308 g/mol. The Balaban J connectivity index is 2.04. The summed E-state index contributed by atoms with van der Waals surface area (Å²) in [5, 5.41) is 10.2. The number of hydrogen-bond acceptors (Lipinski definition) is 5. The number of ether oxygens (including phenoxy) is 1. The molecule has 0 radical (unpaired) electrons. The van der Waals surface area contributed by atoms with Gasteiger partial charge in [0, 0.05) is 6.54 Å². The molecule has 1 aromatic heterocycles. The highest BCUT2D eigenvalue weighted by molar-refractivity contribution is 5.68. The first-order valence-electron chi connectivity index (χ1n) is 7.94. The van der Waals surface area contributed by atoms with Crippen LogP contribution in [0.4, 0.5) is 4.79 Å². The maximum Gasteiger partial charge on any atom is 0.410 e. The fraction of sp³-hybridized carbons (Fsp3) is 0.444. The summed E-state index contributed by atoms with van der Waals surface area (Å²) in [5.74, 6) is 0.184. The summed E-state index contributed by atoms with van der Waals surface area (Å²) in [6.07, 6.45) is 2.05. The number of aliphatic hydroxyl groups is 1. The van der Waals surface area contributed by atoms with Crippen molar-refractivity contribution in [3.05, 3.63) is 54.2 Å². The van der Waals surface area contributed by atoms with Crippen LogP contribution in [0.25, 0.3) is 0 Å². The van der Waals surface area contributed by atoms with Gasteiger partial charge < -0.3 is 19.2 Å². The Hall–Kier alpha value is -2.34. The monoisotopic (exact) mass is 332 g/mol. The van der Waals surface area contributed by atoms with E-state index in [1.54, 1.807) is 0 Å². The molecule has 0 bridgehead atoms. The minimum atomic E-state index is -0.997. The maximum absolute atomic E-state index is 12.4. The lowest BCUT2D eigenvalue weighted by molar-refractivity contribution is 0.0120. The third-order valence-electron chi connectivity index (χ3n) is 3.29. The minimum Gasteiger partial charge on any atom is -0.446 e. The molecule has 0 aliphatic carbocycles. The fourth-order valence-corrected chi connectivity index (χ4v) is 2.18. The Morgan fingerprint density at radius 1 is 1.33 bits per heavy atom. The van der Waals surface area contributed by atoms with Gasteiger partial charge in [0.25, 0.3) is 0 Å². The van der Waals surface area contributed by atoms with Gasteiger partial charge in [-0.2, -0.15) is 0 Å². The van der Waals surface area contributed by atoms with Crippen LogP contribution in [0, 0.1) is 0 Å². The van der Waals surface area contributed by atoms with E-state index < -0.39 is 17.8 Å². The zero-order valence-electron chi connectivity index (χ0n) is 14.3. The van der Waals surface area contributed by atoms with Crippen LogP contribution in [0.1, 0.15) is 38.3 Å². The summed E-state index contributed by atoms with van der Waals surface area (Å²) in [7, 11) is 0. The number of aromatic nitrogens is 1. The van der Waals surface area contributed by atoms with Gasteiger partial charge in [0.05, 0.1) is 12.7 Å².